The Morgan fingerprint density at radius 2 is 0.920 bits per heavy atom. The van der Waals surface area contributed by atoms with E-state index in [1.165, 1.54) is 51.4 Å². The fourth-order valence-electron chi connectivity index (χ4n) is 6.74. The fraction of sp³-hybridized carbons (Fsp3) is 0.932. The third-order valence-electron chi connectivity index (χ3n) is 10.5. The number of ether oxygens (including phenoxy) is 2. The van der Waals surface area contributed by atoms with Gasteiger partial charge in [0.05, 0.1) is 24.0 Å². The number of carbonyl (C=O) groups is 3. The molecule has 0 amide bonds. The molecule has 0 heterocycles. The SMILES string of the molecule is CCCCCCCCOC(=O)C(C)(C)CCCCCC(CCCCCC(C)(C)C(=O)OCCCCCCCC)CC(=O)CCCCCN(C)C. The Morgan fingerprint density at radius 3 is 1.36 bits per heavy atom. The summed E-state index contributed by atoms with van der Waals surface area (Å²) in [5.74, 6) is 0.724. The summed E-state index contributed by atoms with van der Waals surface area (Å²) >= 11 is 0. The number of rotatable bonds is 36. The van der Waals surface area contributed by atoms with Gasteiger partial charge in [-0.05, 0) is 92.8 Å². The van der Waals surface area contributed by atoms with Crippen LogP contribution in [0.25, 0.3) is 0 Å². The molecular formula is C44H85NO5. The highest BCUT2D eigenvalue weighted by molar-refractivity contribution is 5.78. The molecule has 0 saturated carbocycles. The molecule has 0 aromatic heterocycles. The Hall–Kier alpha value is -1.43. The standard InChI is InChI=1S/C44H85NO5/c1-9-11-13-15-17-28-36-49-41(47)43(3,4)33-25-19-22-30-39(38-40(46)32-24-21-27-35-45(7)8)31-23-20-26-34-44(5,6)42(48)50-37-29-18-16-14-12-10-2/h39H,9-38H2,1-8H3. The molecule has 0 aromatic rings. The van der Waals surface area contributed by atoms with E-state index in [9.17, 15) is 14.4 Å². The second-order valence-corrected chi connectivity index (χ2v) is 17.0. The maximum absolute atomic E-state index is 13.0. The highest BCUT2D eigenvalue weighted by atomic mass is 16.5. The monoisotopic (exact) mass is 708 g/mol. The molecule has 0 fully saturated rings. The van der Waals surface area contributed by atoms with E-state index < -0.39 is 10.8 Å². The van der Waals surface area contributed by atoms with Crippen molar-refractivity contribution in [3.8, 4) is 0 Å². The summed E-state index contributed by atoms with van der Waals surface area (Å²) in [6.45, 7) is 14.7. The van der Waals surface area contributed by atoms with Gasteiger partial charge in [-0.25, -0.2) is 0 Å². The van der Waals surface area contributed by atoms with Gasteiger partial charge in [-0.15, -0.1) is 0 Å². The molecule has 0 spiro atoms. The van der Waals surface area contributed by atoms with Crippen LogP contribution in [0.1, 0.15) is 215 Å². The van der Waals surface area contributed by atoms with Crippen LogP contribution in [0.4, 0.5) is 0 Å². The Labute approximate surface area is 311 Å². The third kappa shape index (κ3) is 28.2. The van der Waals surface area contributed by atoms with Gasteiger partial charge in [0.15, 0.2) is 0 Å². The fourth-order valence-corrected chi connectivity index (χ4v) is 6.74. The molecule has 0 aliphatic carbocycles. The smallest absolute Gasteiger partial charge is 0.311 e. The average Bonchev–Trinajstić information content (AvgIpc) is 3.06. The van der Waals surface area contributed by atoms with Crippen LogP contribution < -0.4 is 0 Å². The van der Waals surface area contributed by atoms with Gasteiger partial charge in [0.25, 0.3) is 0 Å². The van der Waals surface area contributed by atoms with Gasteiger partial charge in [-0.1, -0.05) is 136 Å². The Bertz CT molecular complexity index is 784. The number of Topliss-reactive ketones (excluding diaryl/α,β-unsaturated/α-hetero) is 1. The van der Waals surface area contributed by atoms with Gasteiger partial charge in [0.2, 0.25) is 0 Å². The lowest BCUT2D eigenvalue weighted by atomic mass is 9.84. The van der Waals surface area contributed by atoms with Crippen LogP contribution in [0.3, 0.4) is 0 Å². The summed E-state index contributed by atoms with van der Waals surface area (Å²) in [6.07, 6.45) is 29.2. The molecule has 0 unspecified atom stereocenters. The van der Waals surface area contributed by atoms with Crippen molar-refractivity contribution < 1.29 is 23.9 Å². The number of hydrogen-bond donors (Lipinski definition) is 0. The Morgan fingerprint density at radius 1 is 0.520 bits per heavy atom. The molecule has 0 aliphatic heterocycles. The van der Waals surface area contributed by atoms with E-state index in [0.717, 1.165) is 116 Å². The highest BCUT2D eigenvalue weighted by Crippen LogP contribution is 2.29. The van der Waals surface area contributed by atoms with Crippen molar-refractivity contribution in [2.24, 2.45) is 16.7 Å². The van der Waals surface area contributed by atoms with Crippen LogP contribution in [0, 0.1) is 16.7 Å². The summed E-state index contributed by atoms with van der Waals surface area (Å²) in [5, 5.41) is 0. The molecule has 0 bridgehead atoms. The number of hydrogen-bond acceptors (Lipinski definition) is 6. The van der Waals surface area contributed by atoms with Gasteiger partial charge in [0, 0.05) is 12.8 Å². The first-order valence-corrected chi connectivity index (χ1v) is 21.4. The quantitative estimate of drug-likeness (QED) is 0.0477. The molecule has 6 nitrogen and oxygen atoms in total. The summed E-state index contributed by atoms with van der Waals surface area (Å²) in [5.41, 5.74) is -0.892. The van der Waals surface area contributed by atoms with E-state index in [-0.39, 0.29) is 11.9 Å². The Balaban J connectivity index is 4.61. The van der Waals surface area contributed by atoms with Crippen LogP contribution >= 0.6 is 0 Å². The molecule has 296 valence electrons. The average molecular weight is 708 g/mol. The van der Waals surface area contributed by atoms with E-state index in [0.29, 0.717) is 37.8 Å². The normalized spacial score (nSPS) is 12.2. The summed E-state index contributed by atoms with van der Waals surface area (Å²) in [6, 6.07) is 0. The van der Waals surface area contributed by atoms with E-state index in [2.05, 4.69) is 32.8 Å². The van der Waals surface area contributed by atoms with Crippen LogP contribution in [-0.4, -0.2) is 56.5 Å². The maximum atomic E-state index is 13.0. The molecular weight excluding hydrogens is 622 g/mol. The van der Waals surface area contributed by atoms with Crippen molar-refractivity contribution >= 4 is 17.7 Å². The van der Waals surface area contributed by atoms with Gasteiger partial charge >= 0.3 is 11.9 Å². The van der Waals surface area contributed by atoms with E-state index >= 15 is 0 Å². The van der Waals surface area contributed by atoms with Crippen LogP contribution in [0.5, 0.6) is 0 Å². The molecule has 0 rings (SSSR count). The van der Waals surface area contributed by atoms with Crippen molar-refractivity contribution in [3.63, 3.8) is 0 Å². The zero-order valence-corrected chi connectivity index (χ0v) is 34.8. The first-order valence-electron chi connectivity index (χ1n) is 21.4. The van der Waals surface area contributed by atoms with Crippen LogP contribution in [0.2, 0.25) is 0 Å². The lowest BCUT2D eigenvalue weighted by molar-refractivity contribution is -0.155. The molecule has 0 radical (unpaired) electrons. The molecule has 0 aromatic carbocycles. The van der Waals surface area contributed by atoms with Crippen molar-refractivity contribution in [3.05, 3.63) is 0 Å². The number of unbranched alkanes of at least 4 members (excludes halogenated alkanes) is 16. The summed E-state index contributed by atoms with van der Waals surface area (Å²) in [4.78, 5) is 40.7. The predicted molar refractivity (Wildman–Crippen MR) is 213 cm³/mol. The van der Waals surface area contributed by atoms with E-state index in [1.807, 2.05) is 27.7 Å². The molecule has 0 atom stereocenters. The number of carbonyl (C=O) groups excluding carboxylic acids is 3. The summed E-state index contributed by atoms with van der Waals surface area (Å²) < 4.78 is 11.3. The van der Waals surface area contributed by atoms with Crippen molar-refractivity contribution in [2.75, 3.05) is 33.9 Å². The van der Waals surface area contributed by atoms with Crippen molar-refractivity contribution in [2.45, 2.75) is 215 Å². The summed E-state index contributed by atoms with van der Waals surface area (Å²) in [7, 11) is 4.20. The second kappa shape index (κ2) is 31.1. The van der Waals surface area contributed by atoms with Gasteiger partial charge in [-0.3, -0.25) is 14.4 Å². The largest absolute Gasteiger partial charge is 0.465 e. The zero-order valence-electron chi connectivity index (χ0n) is 34.8. The highest BCUT2D eigenvalue weighted by Gasteiger charge is 2.29. The number of esters is 2. The van der Waals surface area contributed by atoms with Gasteiger partial charge in [-0.2, -0.15) is 0 Å². The lowest BCUT2D eigenvalue weighted by Crippen LogP contribution is -2.27. The number of nitrogens with zero attached hydrogens (tertiary/aromatic N) is 1. The first-order chi connectivity index (χ1) is 23.9. The van der Waals surface area contributed by atoms with Crippen molar-refractivity contribution in [1.82, 2.24) is 4.90 Å². The van der Waals surface area contributed by atoms with Gasteiger partial charge in [0.1, 0.15) is 5.78 Å². The first kappa shape index (κ1) is 48.6. The third-order valence-corrected chi connectivity index (χ3v) is 10.5. The minimum absolute atomic E-state index is 0.0608. The maximum Gasteiger partial charge on any atom is 0.311 e. The topological polar surface area (TPSA) is 72.9 Å². The lowest BCUT2D eigenvalue weighted by Gasteiger charge is -2.23. The number of ketones is 1. The van der Waals surface area contributed by atoms with E-state index in [4.69, 9.17) is 9.47 Å². The Kier molecular flexibility index (Phi) is 30.2. The van der Waals surface area contributed by atoms with Gasteiger partial charge < -0.3 is 14.4 Å². The minimum Gasteiger partial charge on any atom is -0.465 e. The zero-order chi connectivity index (χ0) is 37.5. The molecule has 0 saturated heterocycles. The predicted octanol–water partition coefficient (Wildman–Crippen LogP) is 12.4. The van der Waals surface area contributed by atoms with Crippen molar-refractivity contribution in [1.29, 1.82) is 0 Å². The molecule has 6 heteroatoms. The molecule has 50 heavy (non-hydrogen) atoms. The van der Waals surface area contributed by atoms with Crippen LogP contribution in [-0.2, 0) is 23.9 Å². The van der Waals surface area contributed by atoms with E-state index in [1.54, 1.807) is 0 Å². The van der Waals surface area contributed by atoms with Crippen LogP contribution in [0.15, 0.2) is 0 Å². The minimum atomic E-state index is -0.446. The second-order valence-electron chi connectivity index (χ2n) is 17.0. The molecule has 0 aliphatic rings. The molecule has 0 N–H and O–H groups in total.